The second kappa shape index (κ2) is 7.64. The first-order valence-corrected chi connectivity index (χ1v) is 7.16. The predicted octanol–water partition coefficient (Wildman–Crippen LogP) is -0.334. The van der Waals surface area contributed by atoms with E-state index in [0.29, 0.717) is 13.0 Å². The number of amides is 1. The van der Waals surface area contributed by atoms with Crippen LogP contribution in [0.4, 0.5) is 0 Å². The third-order valence-electron chi connectivity index (χ3n) is 1.90. The summed E-state index contributed by atoms with van der Waals surface area (Å²) in [5, 5.41) is 2.57. The third kappa shape index (κ3) is 11.3. The van der Waals surface area contributed by atoms with Crippen molar-refractivity contribution in [1.29, 1.82) is 0 Å². The molecule has 0 aliphatic rings. The number of nitrogens with two attached hydrogens (primary N) is 1. The minimum absolute atomic E-state index is 0.00153. The lowest BCUT2D eigenvalue weighted by molar-refractivity contribution is -0.121. The van der Waals surface area contributed by atoms with Crippen LogP contribution in [0.2, 0.25) is 0 Å². The van der Waals surface area contributed by atoms with Crippen molar-refractivity contribution in [2.75, 3.05) is 25.1 Å². The van der Waals surface area contributed by atoms with Crippen LogP contribution in [0.5, 0.6) is 0 Å². The molecule has 0 unspecified atom stereocenters. The average Bonchev–Trinajstić information content (AvgIpc) is 2.10. The van der Waals surface area contributed by atoms with E-state index in [0.717, 1.165) is 25.5 Å². The van der Waals surface area contributed by atoms with Crippen molar-refractivity contribution in [3.63, 3.8) is 0 Å². The van der Waals surface area contributed by atoms with Crippen LogP contribution in [0.1, 0.15) is 25.7 Å². The zero-order valence-electron chi connectivity index (χ0n) is 9.16. The molecule has 0 saturated carbocycles. The molecule has 0 aliphatic heterocycles. The molecule has 0 aromatic heterocycles. The van der Waals surface area contributed by atoms with Gasteiger partial charge in [0.25, 0.3) is 0 Å². The highest BCUT2D eigenvalue weighted by molar-refractivity contribution is 7.90. The summed E-state index contributed by atoms with van der Waals surface area (Å²) < 4.78 is 21.5. The van der Waals surface area contributed by atoms with Gasteiger partial charge in [-0.3, -0.25) is 4.79 Å². The van der Waals surface area contributed by atoms with E-state index >= 15 is 0 Å². The van der Waals surface area contributed by atoms with Crippen molar-refractivity contribution in [3.05, 3.63) is 0 Å². The van der Waals surface area contributed by atoms with Gasteiger partial charge >= 0.3 is 0 Å². The van der Waals surface area contributed by atoms with Crippen molar-refractivity contribution in [1.82, 2.24) is 5.32 Å². The molecule has 5 nitrogen and oxygen atoms in total. The summed E-state index contributed by atoms with van der Waals surface area (Å²) in [4.78, 5) is 11.2. The average molecular weight is 236 g/mol. The molecular weight excluding hydrogens is 216 g/mol. The third-order valence-corrected chi connectivity index (χ3v) is 2.85. The summed E-state index contributed by atoms with van der Waals surface area (Å²) in [6.07, 6.45) is 4.28. The van der Waals surface area contributed by atoms with Gasteiger partial charge < -0.3 is 11.1 Å². The molecule has 15 heavy (non-hydrogen) atoms. The van der Waals surface area contributed by atoms with Gasteiger partial charge in [-0.2, -0.15) is 0 Å². The maximum atomic E-state index is 11.2. The Labute approximate surface area is 91.3 Å². The fourth-order valence-electron chi connectivity index (χ4n) is 1.07. The number of carbonyl (C=O) groups excluding carboxylic acids is 1. The molecule has 0 bridgehead atoms. The van der Waals surface area contributed by atoms with Crippen molar-refractivity contribution >= 4 is 15.7 Å². The second-order valence-electron chi connectivity index (χ2n) is 3.58. The smallest absolute Gasteiger partial charge is 0.220 e. The highest BCUT2D eigenvalue weighted by Crippen LogP contribution is 1.97. The first kappa shape index (κ1) is 14.4. The largest absolute Gasteiger partial charge is 0.355 e. The number of rotatable bonds is 8. The Morgan fingerprint density at radius 3 is 2.47 bits per heavy atom. The molecule has 0 heterocycles. The monoisotopic (exact) mass is 236 g/mol. The Morgan fingerprint density at radius 1 is 1.27 bits per heavy atom. The molecule has 1 amide bonds. The molecule has 0 atom stereocenters. The van der Waals surface area contributed by atoms with Gasteiger partial charge in [-0.25, -0.2) is 8.42 Å². The number of hydrogen-bond acceptors (Lipinski definition) is 4. The van der Waals surface area contributed by atoms with Gasteiger partial charge in [0.15, 0.2) is 0 Å². The van der Waals surface area contributed by atoms with Crippen LogP contribution < -0.4 is 11.1 Å². The Hall–Kier alpha value is -0.620. The highest BCUT2D eigenvalue weighted by Gasteiger charge is 2.04. The van der Waals surface area contributed by atoms with Gasteiger partial charge in [-0.1, -0.05) is 6.42 Å². The molecule has 0 aliphatic carbocycles. The molecular formula is C9H20N2O3S. The molecule has 3 N–H and O–H groups in total. The van der Waals surface area contributed by atoms with Gasteiger partial charge in [0.1, 0.15) is 9.84 Å². The van der Waals surface area contributed by atoms with Gasteiger partial charge in [-0.05, 0) is 19.4 Å². The summed E-state index contributed by atoms with van der Waals surface area (Å²) in [6.45, 7) is 0.851. The fourth-order valence-corrected chi connectivity index (χ4v) is 1.54. The summed E-state index contributed by atoms with van der Waals surface area (Å²) in [5.41, 5.74) is 5.31. The molecule has 0 rings (SSSR count). The zero-order valence-corrected chi connectivity index (χ0v) is 9.98. The SMILES string of the molecule is CS(=O)(=O)CCNC(=O)CCCCCN. The summed E-state index contributed by atoms with van der Waals surface area (Å²) in [6, 6.07) is 0. The molecule has 0 saturated heterocycles. The molecule has 0 fully saturated rings. The number of carbonyl (C=O) groups is 1. The standard InChI is InChI=1S/C9H20N2O3S/c1-15(13,14)8-7-11-9(12)5-3-2-4-6-10/h2-8,10H2,1H3,(H,11,12). The maximum Gasteiger partial charge on any atom is 0.220 e. The lowest BCUT2D eigenvalue weighted by atomic mass is 10.2. The van der Waals surface area contributed by atoms with Gasteiger partial charge in [0.2, 0.25) is 5.91 Å². The second-order valence-corrected chi connectivity index (χ2v) is 5.84. The van der Waals surface area contributed by atoms with Crippen LogP contribution in [0.25, 0.3) is 0 Å². The Balaban J connectivity index is 3.42. The lowest BCUT2D eigenvalue weighted by Gasteiger charge is -2.03. The van der Waals surface area contributed by atoms with E-state index in [4.69, 9.17) is 5.73 Å². The van der Waals surface area contributed by atoms with E-state index in [9.17, 15) is 13.2 Å². The summed E-state index contributed by atoms with van der Waals surface area (Å²) in [7, 11) is -2.98. The molecule has 0 aromatic carbocycles. The molecule has 0 aromatic rings. The molecule has 6 heteroatoms. The number of nitrogens with one attached hydrogen (secondary N) is 1. The van der Waals surface area contributed by atoms with Crippen molar-refractivity contribution < 1.29 is 13.2 Å². The quantitative estimate of drug-likeness (QED) is 0.565. The molecule has 0 spiro atoms. The zero-order chi connectivity index (χ0) is 11.7. The Kier molecular flexibility index (Phi) is 7.33. The van der Waals surface area contributed by atoms with Gasteiger partial charge in [0.05, 0.1) is 5.75 Å². The first-order chi connectivity index (χ1) is 6.95. The van der Waals surface area contributed by atoms with Crippen LogP contribution in [0.3, 0.4) is 0 Å². The Morgan fingerprint density at radius 2 is 1.93 bits per heavy atom. The number of hydrogen-bond donors (Lipinski definition) is 2. The van der Waals surface area contributed by atoms with E-state index in [-0.39, 0.29) is 18.2 Å². The minimum Gasteiger partial charge on any atom is -0.355 e. The minimum atomic E-state index is -2.98. The van der Waals surface area contributed by atoms with Crippen LogP contribution in [-0.4, -0.2) is 39.4 Å². The van der Waals surface area contributed by atoms with Crippen LogP contribution in [-0.2, 0) is 14.6 Å². The van der Waals surface area contributed by atoms with Crippen LogP contribution in [0.15, 0.2) is 0 Å². The van der Waals surface area contributed by atoms with E-state index < -0.39 is 9.84 Å². The van der Waals surface area contributed by atoms with E-state index in [1.807, 2.05) is 0 Å². The summed E-state index contributed by atoms with van der Waals surface area (Å²) in [5.74, 6) is -0.0858. The normalized spacial score (nSPS) is 11.3. The Bertz CT molecular complexity index is 275. The molecule has 90 valence electrons. The van der Waals surface area contributed by atoms with Crippen molar-refractivity contribution in [2.45, 2.75) is 25.7 Å². The maximum absolute atomic E-state index is 11.2. The number of unbranched alkanes of at least 4 members (excludes halogenated alkanes) is 2. The lowest BCUT2D eigenvalue weighted by Crippen LogP contribution is -2.28. The predicted molar refractivity (Wildman–Crippen MR) is 60.2 cm³/mol. The van der Waals surface area contributed by atoms with Crippen molar-refractivity contribution in [2.24, 2.45) is 5.73 Å². The van der Waals surface area contributed by atoms with E-state index in [2.05, 4.69) is 5.32 Å². The number of sulfone groups is 1. The topological polar surface area (TPSA) is 89.3 Å². The highest BCUT2D eigenvalue weighted by atomic mass is 32.2. The van der Waals surface area contributed by atoms with Crippen molar-refractivity contribution in [3.8, 4) is 0 Å². The van der Waals surface area contributed by atoms with Crippen LogP contribution >= 0.6 is 0 Å². The summed E-state index contributed by atoms with van der Waals surface area (Å²) >= 11 is 0. The molecule has 0 radical (unpaired) electrons. The van der Waals surface area contributed by atoms with E-state index in [1.54, 1.807) is 0 Å². The van der Waals surface area contributed by atoms with E-state index in [1.165, 1.54) is 0 Å². The van der Waals surface area contributed by atoms with Gasteiger partial charge in [-0.15, -0.1) is 0 Å². The first-order valence-electron chi connectivity index (χ1n) is 5.10. The van der Waals surface area contributed by atoms with Gasteiger partial charge in [0, 0.05) is 19.2 Å². The fraction of sp³-hybridized carbons (Fsp3) is 0.889. The van der Waals surface area contributed by atoms with Crippen LogP contribution in [0, 0.1) is 0 Å².